The van der Waals surface area contributed by atoms with E-state index in [2.05, 4.69) is 15.2 Å². The molecule has 0 fully saturated rings. The summed E-state index contributed by atoms with van der Waals surface area (Å²) in [6.45, 7) is 0. The van der Waals surface area contributed by atoms with Gasteiger partial charge in [0.1, 0.15) is 12.1 Å². The minimum atomic E-state index is -0.739. The number of halogens is 1. The normalized spacial score (nSPS) is 10.5. The molecule has 1 N–H and O–H groups in total. The molecule has 3 aromatic rings. The smallest absolute Gasteiger partial charge is 0.290 e. The van der Waals surface area contributed by atoms with Crippen LogP contribution in [0, 0.1) is 0 Å². The summed E-state index contributed by atoms with van der Waals surface area (Å²) in [6, 6.07) is 8.43. The highest BCUT2D eigenvalue weighted by Crippen LogP contribution is 2.30. The second-order valence-corrected chi connectivity index (χ2v) is 4.98. The molecule has 23 heavy (non-hydrogen) atoms. The number of furan rings is 1. The molecule has 0 spiro atoms. The first-order valence-electron chi connectivity index (χ1n) is 6.56. The molecule has 2 heterocycles. The quantitative estimate of drug-likeness (QED) is 0.551. The van der Waals surface area contributed by atoms with Gasteiger partial charge in [0.05, 0.1) is 11.3 Å². The summed E-state index contributed by atoms with van der Waals surface area (Å²) in [7, 11) is 0. The van der Waals surface area contributed by atoms with Crippen molar-refractivity contribution in [1.82, 2.24) is 15.2 Å². The predicted octanol–water partition coefficient (Wildman–Crippen LogP) is 2.84. The van der Waals surface area contributed by atoms with E-state index in [9.17, 15) is 9.59 Å². The highest BCUT2D eigenvalue weighted by atomic mass is 35.5. The SMILES string of the molecule is O=C(Cc1coc(Oc2ccccc2Cl)c1)C(=O)c1ncn[nH]1. The molecule has 0 aliphatic heterocycles. The number of hydrogen-bond acceptors (Lipinski definition) is 6. The molecule has 2 aromatic heterocycles. The summed E-state index contributed by atoms with van der Waals surface area (Å²) in [6.07, 6.45) is 2.38. The third-order valence-electron chi connectivity index (χ3n) is 2.92. The number of carbonyl (C=O) groups is 2. The fourth-order valence-corrected chi connectivity index (χ4v) is 2.02. The number of carbonyl (C=O) groups excluding carboxylic acids is 2. The van der Waals surface area contributed by atoms with Crippen LogP contribution in [0.5, 0.6) is 11.7 Å². The Morgan fingerprint density at radius 3 is 2.87 bits per heavy atom. The van der Waals surface area contributed by atoms with Gasteiger partial charge in [-0.3, -0.25) is 14.7 Å². The van der Waals surface area contributed by atoms with Crippen molar-refractivity contribution in [2.24, 2.45) is 0 Å². The number of benzene rings is 1. The second-order valence-electron chi connectivity index (χ2n) is 4.57. The van der Waals surface area contributed by atoms with Gasteiger partial charge in [0.2, 0.25) is 5.78 Å². The molecule has 0 saturated heterocycles. The molecule has 116 valence electrons. The average Bonchev–Trinajstić information content (AvgIpc) is 3.21. The van der Waals surface area contributed by atoms with Crippen LogP contribution in [0.25, 0.3) is 0 Å². The summed E-state index contributed by atoms with van der Waals surface area (Å²) in [5.41, 5.74) is 0.505. The van der Waals surface area contributed by atoms with E-state index >= 15 is 0 Å². The molecule has 0 aliphatic carbocycles. The van der Waals surface area contributed by atoms with Gasteiger partial charge in [-0.2, -0.15) is 5.10 Å². The van der Waals surface area contributed by atoms with Crippen LogP contribution in [0.15, 0.2) is 47.3 Å². The molecule has 0 radical (unpaired) electrons. The van der Waals surface area contributed by atoms with Crippen molar-refractivity contribution in [2.45, 2.75) is 6.42 Å². The van der Waals surface area contributed by atoms with Crippen molar-refractivity contribution in [2.75, 3.05) is 0 Å². The van der Waals surface area contributed by atoms with E-state index < -0.39 is 11.6 Å². The van der Waals surface area contributed by atoms with Gasteiger partial charge in [0.15, 0.2) is 5.82 Å². The molecular formula is C15H10ClN3O4. The number of nitrogens with zero attached hydrogens (tertiary/aromatic N) is 2. The summed E-state index contributed by atoms with van der Waals surface area (Å²) < 4.78 is 10.7. The Hall–Kier alpha value is -2.93. The Morgan fingerprint density at radius 1 is 1.30 bits per heavy atom. The molecule has 0 amide bonds. The highest BCUT2D eigenvalue weighted by molar-refractivity contribution is 6.43. The van der Waals surface area contributed by atoms with E-state index in [1.54, 1.807) is 24.3 Å². The fourth-order valence-electron chi connectivity index (χ4n) is 1.85. The van der Waals surface area contributed by atoms with E-state index in [0.717, 1.165) is 6.33 Å². The van der Waals surface area contributed by atoms with E-state index in [1.165, 1.54) is 12.3 Å². The number of rotatable bonds is 6. The zero-order chi connectivity index (χ0) is 16.2. The van der Waals surface area contributed by atoms with Crippen molar-refractivity contribution >= 4 is 23.2 Å². The number of ether oxygens (including phenoxy) is 1. The van der Waals surface area contributed by atoms with Crippen molar-refractivity contribution in [3.63, 3.8) is 0 Å². The number of Topliss-reactive ketones (excluding diaryl/α,β-unsaturated/α-hetero) is 2. The van der Waals surface area contributed by atoms with Crippen LogP contribution in [-0.4, -0.2) is 26.7 Å². The lowest BCUT2D eigenvalue weighted by Crippen LogP contribution is -2.17. The molecule has 8 heteroatoms. The van der Waals surface area contributed by atoms with Gasteiger partial charge in [-0.15, -0.1) is 0 Å². The third-order valence-corrected chi connectivity index (χ3v) is 3.24. The lowest BCUT2D eigenvalue weighted by atomic mass is 10.1. The van der Waals surface area contributed by atoms with Crippen LogP contribution in [0.4, 0.5) is 0 Å². The Balaban J connectivity index is 1.67. The lowest BCUT2D eigenvalue weighted by molar-refractivity contribution is -0.114. The minimum Gasteiger partial charge on any atom is -0.434 e. The minimum absolute atomic E-state index is 0.0916. The molecule has 0 bridgehead atoms. The van der Waals surface area contributed by atoms with Gasteiger partial charge in [0, 0.05) is 18.1 Å². The van der Waals surface area contributed by atoms with E-state index in [-0.39, 0.29) is 18.2 Å². The molecular weight excluding hydrogens is 322 g/mol. The van der Waals surface area contributed by atoms with Crippen LogP contribution in [-0.2, 0) is 11.2 Å². The lowest BCUT2D eigenvalue weighted by Gasteiger charge is -2.02. The summed E-state index contributed by atoms with van der Waals surface area (Å²) in [5, 5.41) is 6.32. The number of H-pyrrole nitrogens is 1. The summed E-state index contributed by atoms with van der Waals surface area (Å²) in [5.74, 6) is -0.859. The molecule has 3 rings (SSSR count). The standard InChI is InChI=1S/C15H10ClN3O4/c16-10-3-1-2-4-12(10)23-13-6-9(7-22-13)5-11(20)14(21)15-17-8-18-19-15/h1-4,6-8H,5H2,(H,17,18,19). The number of aromatic amines is 1. The van der Waals surface area contributed by atoms with Gasteiger partial charge in [-0.25, -0.2) is 4.98 Å². The zero-order valence-electron chi connectivity index (χ0n) is 11.7. The number of hydrogen-bond donors (Lipinski definition) is 1. The number of aromatic nitrogens is 3. The van der Waals surface area contributed by atoms with E-state index in [4.69, 9.17) is 20.8 Å². The first-order valence-corrected chi connectivity index (χ1v) is 6.94. The van der Waals surface area contributed by atoms with Crippen LogP contribution in [0.2, 0.25) is 5.02 Å². The summed E-state index contributed by atoms with van der Waals surface area (Å²) in [4.78, 5) is 27.3. The molecule has 0 saturated carbocycles. The van der Waals surface area contributed by atoms with E-state index in [1.807, 2.05) is 0 Å². The maximum Gasteiger partial charge on any atom is 0.290 e. The topological polar surface area (TPSA) is 98.1 Å². The summed E-state index contributed by atoms with van der Waals surface area (Å²) >= 11 is 5.98. The van der Waals surface area contributed by atoms with Gasteiger partial charge in [-0.05, 0) is 12.1 Å². The van der Waals surface area contributed by atoms with Crippen LogP contribution < -0.4 is 4.74 Å². The van der Waals surface area contributed by atoms with Gasteiger partial charge >= 0.3 is 0 Å². The molecule has 0 atom stereocenters. The first kappa shape index (κ1) is 15.0. The van der Waals surface area contributed by atoms with Crippen LogP contribution in [0.1, 0.15) is 16.2 Å². The number of ketones is 2. The Labute approximate surface area is 135 Å². The Bertz CT molecular complexity index is 842. The monoisotopic (exact) mass is 331 g/mol. The van der Waals surface area contributed by atoms with Gasteiger partial charge < -0.3 is 9.15 Å². The van der Waals surface area contributed by atoms with Crippen molar-refractivity contribution in [3.05, 3.63) is 59.3 Å². The number of nitrogens with one attached hydrogen (secondary N) is 1. The zero-order valence-corrected chi connectivity index (χ0v) is 12.4. The maximum absolute atomic E-state index is 11.9. The van der Waals surface area contributed by atoms with Crippen molar-refractivity contribution in [3.8, 4) is 11.7 Å². The first-order chi connectivity index (χ1) is 11.1. The van der Waals surface area contributed by atoms with Crippen molar-refractivity contribution < 1.29 is 18.7 Å². The van der Waals surface area contributed by atoms with Crippen LogP contribution >= 0.6 is 11.6 Å². The molecule has 0 aliphatic rings. The fraction of sp³-hybridized carbons (Fsp3) is 0.0667. The third kappa shape index (κ3) is 3.46. The highest BCUT2D eigenvalue weighted by Gasteiger charge is 2.20. The molecule has 1 aromatic carbocycles. The Morgan fingerprint density at radius 2 is 2.13 bits per heavy atom. The van der Waals surface area contributed by atoms with E-state index in [0.29, 0.717) is 16.3 Å². The van der Waals surface area contributed by atoms with Crippen molar-refractivity contribution in [1.29, 1.82) is 0 Å². The average molecular weight is 332 g/mol. The second kappa shape index (κ2) is 6.45. The predicted molar refractivity (Wildman–Crippen MR) is 79.7 cm³/mol. The maximum atomic E-state index is 11.9. The Kier molecular flexibility index (Phi) is 4.20. The van der Waals surface area contributed by atoms with Gasteiger partial charge in [-0.1, -0.05) is 23.7 Å². The van der Waals surface area contributed by atoms with Gasteiger partial charge in [0.25, 0.3) is 11.7 Å². The molecule has 7 nitrogen and oxygen atoms in total. The largest absolute Gasteiger partial charge is 0.434 e. The number of para-hydroxylation sites is 1. The molecule has 0 unspecified atom stereocenters. The van der Waals surface area contributed by atoms with Crippen LogP contribution in [0.3, 0.4) is 0 Å².